The van der Waals surface area contributed by atoms with Crippen molar-refractivity contribution in [1.29, 1.82) is 0 Å². The van der Waals surface area contributed by atoms with Gasteiger partial charge in [-0.25, -0.2) is 0 Å². The Kier molecular flexibility index (Phi) is 40.3. The van der Waals surface area contributed by atoms with E-state index in [0.717, 1.165) is 0 Å². The summed E-state index contributed by atoms with van der Waals surface area (Å²) in [5.74, 6) is 0. The fourth-order valence-corrected chi connectivity index (χ4v) is 6.61. The molecule has 4 atom stereocenters. The summed E-state index contributed by atoms with van der Waals surface area (Å²) in [4.78, 5) is 95.1. The minimum atomic E-state index is -4.86. The summed E-state index contributed by atoms with van der Waals surface area (Å²) in [6.45, 7) is -0.508. The van der Waals surface area contributed by atoms with Crippen molar-refractivity contribution in [3.63, 3.8) is 0 Å². The molecule has 54 heavy (non-hydrogen) atoms. The van der Waals surface area contributed by atoms with Crippen LogP contribution in [0.1, 0.15) is 12.8 Å². The molecule has 4 rings (SSSR count). The van der Waals surface area contributed by atoms with Crippen LogP contribution in [0.3, 0.4) is 0 Å². The van der Waals surface area contributed by atoms with Crippen LogP contribution in [-0.2, 0) is 52.4 Å². The van der Waals surface area contributed by atoms with E-state index in [-0.39, 0.29) is 71.0 Å². The summed E-state index contributed by atoms with van der Waals surface area (Å²) in [7, 11) is -19.4. The van der Waals surface area contributed by atoms with Gasteiger partial charge in [0.05, 0.1) is 25.1 Å². The van der Waals surface area contributed by atoms with Gasteiger partial charge >= 0.3 is 34.1 Å². The van der Waals surface area contributed by atoms with E-state index in [1.807, 2.05) is 72.8 Å². The molecule has 0 aliphatic carbocycles. The third kappa shape index (κ3) is 50.1. The maximum absolute atomic E-state index is 10.9. The van der Waals surface area contributed by atoms with Crippen LogP contribution in [-0.4, -0.2) is 98.5 Å². The van der Waals surface area contributed by atoms with Crippen LogP contribution in [0.25, 0.3) is 0 Å². The number of hydrogen-bond acceptors (Lipinski definition) is 14. The van der Waals surface area contributed by atoms with Crippen LogP contribution in [0.2, 0.25) is 0 Å². The first-order valence-electron chi connectivity index (χ1n) is 14.3. The molecule has 4 unspecified atom stereocenters. The van der Waals surface area contributed by atoms with Crippen LogP contribution in [0.4, 0.5) is 0 Å². The molecule has 26 heteroatoms. The second-order valence-corrected chi connectivity index (χ2v) is 15.9. The van der Waals surface area contributed by atoms with E-state index in [9.17, 15) is 37.8 Å². The zero-order valence-corrected chi connectivity index (χ0v) is 33.8. The van der Waals surface area contributed by atoms with Gasteiger partial charge in [0.25, 0.3) is 0 Å². The number of aromatic nitrogens is 4. The molecule has 0 saturated heterocycles. The van der Waals surface area contributed by atoms with Crippen molar-refractivity contribution < 1.29 is 102 Å². The average Bonchev–Trinajstić information content (AvgIpc) is 3.04. The molecule has 0 bridgehead atoms. The summed E-state index contributed by atoms with van der Waals surface area (Å²) in [5.41, 5.74) is 0. The predicted octanol–water partition coefficient (Wildman–Crippen LogP) is -0.945. The first kappa shape index (κ1) is 61.3. The van der Waals surface area contributed by atoms with Crippen LogP contribution in [0.15, 0.2) is 122 Å². The Balaban J connectivity index is -0.000000227. The third-order valence-electron chi connectivity index (χ3n) is 4.98. The van der Waals surface area contributed by atoms with Gasteiger partial charge in [0.1, 0.15) is 30.4 Å². The molecule has 4 aromatic rings. The first-order valence-corrected chi connectivity index (χ1v) is 21.4. The van der Waals surface area contributed by atoms with Gasteiger partial charge in [0, 0.05) is 49.6 Å². The van der Waals surface area contributed by atoms with Crippen molar-refractivity contribution in [1.82, 2.24) is 29.7 Å². The Morgan fingerprint density at radius 1 is 0.389 bits per heavy atom. The van der Waals surface area contributed by atoms with Crippen LogP contribution in [0, 0.1) is 0 Å². The molecule has 312 valence electrons. The third-order valence-corrected chi connectivity index (χ3v) is 8.01. The van der Waals surface area contributed by atoms with Gasteiger partial charge in [-0.1, -0.05) is 24.3 Å². The fraction of sp³-hybridized carbons (Fsp3) is 0.286. The number of unbranched alkanes of at least 4 members (excludes halogenated alkanes) is 1. The molecule has 0 aliphatic rings. The summed E-state index contributed by atoms with van der Waals surface area (Å²) in [5, 5.41) is 0. The van der Waals surface area contributed by atoms with E-state index in [0.29, 0.717) is 9.80 Å². The Morgan fingerprint density at radius 3 is 0.648 bits per heavy atom. The van der Waals surface area contributed by atoms with E-state index < -0.39 is 55.5 Å². The molecule has 4 heterocycles. The smallest absolute Gasteiger partial charge is 0.778 e. The molecular weight excluding hydrogens is 895 g/mol. The van der Waals surface area contributed by atoms with Gasteiger partial charge in [-0.05, 0) is 74.5 Å². The second kappa shape index (κ2) is 35.5. The maximum atomic E-state index is 10.9. The Hall–Kier alpha value is -1.92. The van der Waals surface area contributed by atoms with Gasteiger partial charge in [-0.2, -0.15) is 0 Å². The Morgan fingerprint density at radius 2 is 0.556 bits per heavy atom. The van der Waals surface area contributed by atoms with Crippen LogP contribution < -0.4 is 19.6 Å². The summed E-state index contributed by atoms with van der Waals surface area (Å²) in [6, 6.07) is 22.9. The van der Waals surface area contributed by atoms with Gasteiger partial charge in [0.15, 0.2) is 0 Å². The molecule has 2 radical (unpaired) electrons. The molecule has 0 amide bonds. The summed E-state index contributed by atoms with van der Waals surface area (Å²) in [6.07, 6.45) is 9.81. The maximum Gasteiger partial charge on any atom is 2.00 e. The first-order chi connectivity index (χ1) is 23.4. The zero-order chi connectivity index (χ0) is 37.8. The predicted molar refractivity (Wildman–Crippen MR) is 186 cm³/mol. The van der Waals surface area contributed by atoms with E-state index in [2.05, 4.69) is 19.9 Å². The second-order valence-electron chi connectivity index (χ2n) is 9.71. The van der Waals surface area contributed by atoms with E-state index in [1.54, 1.807) is 49.6 Å². The van der Waals surface area contributed by atoms with Gasteiger partial charge < -0.3 is 68.4 Å². The Labute approximate surface area is 334 Å². The summed E-state index contributed by atoms with van der Waals surface area (Å²) >= 11 is 0. The topological polar surface area (TPSA) is 362 Å². The van der Waals surface area contributed by atoms with Crippen molar-refractivity contribution in [2.45, 2.75) is 12.8 Å². The molecule has 0 spiro atoms. The number of pyridine rings is 4. The number of rotatable bonds is 13. The molecular formula is C28H44Cu2N6O14P4. The molecule has 0 saturated carbocycles. The number of hydrogen-bond donors (Lipinski definition) is 4. The van der Waals surface area contributed by atoms with Gasteiger partial charge in [-0.3, -0.25) is 29.7 Å². The molecule has 8 N–H and O–H groups in total. The molecule has 0 aliphatic heterocycles. The number of nitrogens with zero attached hydrogens (tertiary/aromatic N) is 6. The minimum absolute atomic E-state index is 0. The largest absolute Gasteiger partial charge is 2.00 e. The zero-order valence-electron chi connectivity index (χ0n) is 28.3. The van der Waals surface area contributed by atoms with E-state index in [4.69, 9.17) is 19.6 Å². The summed E-state index contributed by atoms with van der Waals surface area (Å²) < 4.78 is 43.4. The molecule has 4 aromatic heterocycles. The van der Waals surface area contributed by atoms with Crippen molar-refractivity contribution in [2.75, 3.05) is 38.2 Å². The fourth-order valence-electron chi connectivity index (χ4n) is 3.30. The molecule has 0 aromatic carbocycles. The normalized spacial score (nSPS) is 14.0. The van der Waals surface area contributed by atoms with E-state index >= 15 is 0 Å². The Bertz CT molecular complexity index is 1220. The minimum Gasteiger partial charge on any atom is -0.778 e. The van der Waals surface area contributed by atoms with Crippen molar-refractivity contribution in [3.05, 3.63) is 122 Å². The molecule has 20 nitrogen and oxygen atoms in total. The van der Waals surface area contributed by atoms with Crippen LogP contribution >= 0.6 is 30.4 Å². The molecule has 0 fully saturated rings. The average molecular weight is 940 g/mol. The SMILES string of the molecule is O.O.O=P([O-])(O)CN(CCCCN(CP(=O)([O-])O)CP(=O)([O-])O)CP(=O)([O-])O.[Cu+2].[Cu+2].c1ccncc1.c1ccncc1.c1ccncc1.c1ccncc1. The van der Waals surface area contributed by atoms with Crippen molar-refractivity contribution in [2.24, 2.45) is 0 Å². The van der Waals surface area contributed by atoms with Crippen LogP contribution in [0.5, 0.6) is 0 Å². The standard InChI is InChI=1S/C8H24N2O12P4.4C5H5N.2Cu.2H2O/c11-23(12,13)5-9(6-24(14,15)16)3-1-2-4-10(7-25(17,18)19)8-26(20,21)22;4*1-2-4-6-5-3-1;;;;/h1-8H2,(H2,11,12,13)(H2,14,15,16)(H2,17,18,19)(H2,20,21,22);4*1-5H;;;2*1H2/q;;;;;2*+2;;/p-4. The monoisotopic (exact) mass is 938 g/mol. The van der Waals surface area contributed by atoms with Gasteiger partial charge in [0.2, 0.25) is 0 Å². The van der Waals surface area contributed by atoms with Crippen molar-refractivity contribution >= 4 is 30.4 Å². The van der Waals surface area contributed by atoms with Gasteiger partial charge in [-0.15, -0.1) is 0 Å². The van der Waals surface area contributed by atoms with Crippen molar-refractivity contribution in [3.8, 4) is 0 Å². The van der Waals surface area contributed by atoms with E-state index in [1.165, 1.54) is 0 Å². The quantitative estimate of drug-likeness (QED) is 0.0713.